The molecule has 84 valence electrons. The summed E-state index contributed by atoms with van der Waals surface area (Å²) < 4.78 is 4.83. The summed E-state index contributed by atoms with van der Waals surface area (Å²) in [6, 6.07) is 1.97. The van der Waals surface area contributed by atoms with E-state index in [1.54, 1.807) is 0 Å². The van der Waals surface area contributed by atoms with E-state index in [1.807, 2.05) is 6.07 Å². The van der Waals surface area contributed by atoms with Crippen LogP contribution in [0, 0.1) is 16.7 Å². The van der Waals surface area contributed by atoms with Crippen molar-refractivity contribution in [3.05, 3.63) is 0 Å². The maximum absolute atomic E-state index is 11.7. The van der Waals surface area contributed by atoms with Crippen LogP contribution in [-0.2, 0) is 9.53 Å². The van der Waals surface area contributed by atoms with Crippen LogP contribution in [0.3, 0.4) is 0 Å². The Morgan fingerprint density at radius 1 is 1.53 bits per heavy atom. The largest absolute Gasteiger partial charge is 0.469 e. The second kappa shape index (κ2) is 5.37. The van der Waals surface area contributed by atoms with Crippen molar-refractivity contribution in [1.29, 1.82) is 5.26 Å². The van der Waals surface area contributed by atoms with Gasteiger partial charge in [-0.2, -0.15) is 5.26 Å². The van der Waals surface area contributed by atoms with Crippen molar-refractivity contribution >= 4 is 17.6 Å². The Morgan fingerprint density at radius 2 is 2.13 bits per heavy atom. The molecule has 4 heteroatoms. The second-order valence-corrected chi connectivity index (χ2v) is 4.66. The number of rotatable bonds is 3. The van der Waals surface area contributed by atoms with Crippen LogP contribution in [0.2, 0.25) is 0 Å². The summed E-state index contributed by atoms with van der Waals surface area (Å²) in [4.78, 5) is 11.7. The molecule has 0 saturated heterocycles. The van der Waals surface area contributed by atoms with Crippen LogP contribution >= 0.6 is 11.6 Å². The molecule has 0 heterocycles. The van der Waals surface area contributed by atoms with E-state index >= 15 is 0 Å². The average molecular weight is 230 g/mol. The molecule has 1 rings (SSSR count). The first-order valence-corrected chi connectivity index (χ1v) is 5.70. The van der Waals surface area contributed by atoms with Crippen molar-refractivity contribution < 1.29 is 9.53 Å². The minimum atomic E-state index is -0.595. The lowest BCUT2D eigenvalue weighted by molar-refractivity contribution is -0.155. The fraction of sp³-hybridized carbons (Fsp3) is 0.818. The Labute approximate surface area is 95.4 Å². The summed E-state index contributed by atoms with van der Waals surface area (Å²) in [6.07, 6.45) is 5.19. The van der Waals surface area contributed by atoms with E-state index in [2.05, 4.69) is 0 Å². The summed E-state index contributed by atoms with van der Waals surface area (Å²) in [5.41, 5.74) is -0.505. The topological polar surface area (TPSA) is 50.1 Å². The number of methoxy groups -OCH3 is 1. The minimum Gasteiger partial charge on any atom is -0.469 e. The van der Waals surface area contributed by atoms with E-state index in [4.69, 9.17) is 21.6 Å². The Balaban J connectivity index is 2.76. The van der Waals surface area contributed by atoms with Gasteiger partial charge in [0.2, 0.25) is 0 Å². The highest BCUT2D eigenvalue weighted by atomic mass is 35.5. The molecule has 0 bridgehead atoms. The summed E-state index contributed by atoms with van der Waals surface area (Å²) in [7, 11) is 1.40. The predicted octanol–water partition coefficient (Wildman–Crippen LogP) is 2.63. The molecule has 1 aliphatic rings. The third kappa shape index (κ3) is 2.85. The number of carbonyl (C=O) groups excluding carboxylic acids is 1. The van der Waals surface area contributed by atoms with Crippen molar-refractivity contribution in [2.24, 2.45) is 5.41 Å². The van der Waals surface area contributed by atoms with Crippen molar-refractivity contribution in [1.82, 2.24) is 0 Å². The molecule has 1 fully saturated rings. The average Bonchev–Trinajstić information content (AvgIpc) is 2.29. The lowest BCUT2D eigenvalue weighted by atomic mass is 9.71. The number of carbonyl (C=O) groups is 1. The number of esters is 1. The molecule has 0 amide bonds. The summed E-state index contributed by atoms with van der Waals surface area (Å²) in [5.74, 6) is -0.205. The van der Waals surface area contributed by atoms with Gasteiger partial charge in [-0.25, -0.2) is 0 Å². The van der Waals surface area contributed by atoms with Crippen molar-refractivity contribution in [2.45, 2.75) is 43.9 Å². The number of hydrogen-bond acceptors (Lipinski definition) is 3. The monoisotopic (exact) mass is 229 g/mol. The van der Waals surface area contributed by atoms with Gasteiger partial charge in [-0.3, -0.25) is 4.79 Å². The van der Waals surface area contributed by atoms with Gasteiger partial charge in [0.15, 0.2) is 0 Å². The Hall–Kier alpha value is -0.750. The Bertz CT molecular complexity index is 266. The molecule has 0 aromatic rings. The van der Waals surface area contributed by atoms with Crippen LogP contribution in [0.1, 0.15) is 38.5 Å². The van der Waals surface area contributed by atoms with Gasteiger partial charge in [0.1, 0.15) is 5.38 Å². The van der Waals surface area contributed by atoms with Crippen LogP contribution in [0.4, 0.5) is 0 Å². The fourth-order valence-corrected chi connectivity index (χ4v) is 2.62. The molecule has 3 nitrogen and oxygen atoms in total. The van der Waals surface area contributed by atoms with Gasteiger partial charge >= 0.3 is 5.97 Å². The van der Waals surface area contributed by atoms with Crippen LogP contribution < -0.4 is 0 Å². The van der Waals surface area contributed by atoms with Crippen LogP contribution in [0.25, 0.3) is 0 Å². The van der Waals surface area contributed by atoms with E-state index in [9.17, 15) is 4.79 Å². The van der Waals surface area contributed by atoms with Gasteiger partial charge in [0, 0.05) is 0 Å². The zero-order chi connectivity index (χ0) is 11.3. The second-order valence-electron chi connectivity index (χ2n) is 4.13. The highest BCUT2D eigenvalue weighted by Crippen LogP contribution is 2.42. The molecule has 1 unspecified atom stereocenters. The lowest BCUT2D eigenvalue weighted by Gasteiger charge is -2.34. The van der Waals surface area contributed by atoms with Crippen molar-refractivity contribution in [2.75, 3.05) is 7.11 Å². The molecule has 0 aromatic carbocycles. The quantitative estimate of drug-likeness (QED) is 0.552. The Morgan fingerprint density at radius 3 is 2.60 bits per heavy atom. The highest BCUT2D eigenvalue weighted by molar-refractivity contribution is 6.22. The van der Waals surface area contributed by atoms with Crippen molar-refractivity contribution in [3.8, 4) is 6.07 Å². The van der Waals surface area contributed by atoms with E-state index in [0.717, 1.165) is 32.1 Å². The number of nitriles is 1. The molecule has 0 aliphatic heterocycles. The molecule has 0 N–H and O–H groups in total. The maximum atomic E-state index is 11.7. The fourth-order valence-electron chi connectivity index (χ4n) is 2.33. The molecule has 1 saturated carbocycles. The third-order valence-corrected chi connectivity index (χ3v) is 3.39. The molecule has 15 heavy (non-hydrogen) atoms. The first-order chi connectivity index (χ1) is 7.14. The Kier molecular flexibility index (Phi) is 4.41. The number of alkyl halides is 1. The van der Waals surface area contributed by atoms with Gasteiger partial charge in [-0.15, -0.1) is 11.6 Å². The lowest BCUT2D eigenvalue weighted by Crippen LogP contribution is -2.36. The SMILES string of the molecule is COC(=O)C1(CC(Cl)C#N)CCCCC1. The zero-order valence-electron chi connectivity index (χ0n) is 8.96. The summed E-state index contributed by atoms with van der Waals surface area (Å²) in [6.45, 7) is 0. The van der Waals surface area contributed by atoms with Crippen molar-refractivity contribution in [3.63, 3.8) is 0 Å². The molecular weight excluding hydrogens is 214 g/mol. The molecular formula is C11H16ClNO2. The standard InChI is InChI=1S/C11H16ClNO2/c1-15-10(14)11(7-9(12)8-13)5-3-2-4-6-11/h9H,2-7H2,1H3. The number of nitrogens with zero attached hydrogens (tertiary/aromatic N) is 1. The molecule has 0 radical (unpaired) electrons. The summed E-state index contributed by atoms with van der Waals surface area (Å²) >= 11 is 5.82. The van der Waals surface area contributed by atoms with Gasteiger partial charge < -0.3 is 4.74 Å². The van der Waals surface area contributed by atoms with E-state index in [0.29, 0.717) is 6.42 Å². The first kappa shape index (κ1) is 12.3. The van der Waals surface area contributed by atoms with Crippen LogP contribution in [-0.4, -0.2) is 18.5 Å². The number of hydrogen-bond donors (Lipinski definition) is 0. The number of halogens is 1. The van der Waals surface area contributed by atoms with Gasteiger partial charge in [0.25, 0.3) is 0 Å². The van der Waals surface area contributed by atoms with Gasteiger partial charge in [-0.05, 0) is 19.3 Å². The highest BCUT2D eigenvalue weighted by Gasteiger charge is 2.41. The minimum absolute atomic E-state index is 0.205. The predicted molar refractivity (Wildman–Crippen MR) is 57.4 cm³/mol. The molecule has 0 aromatic heterocycles. The third-order valence-electron chi connectivity index (χ3n) is 3.14. The van der Waals surface area contributed by atoms with Gasteiger partial charge in [0.05, 0.1) is 18.6 Å². The zero-order valence-corrected chi connectivity index (χ0v) is 9.72. The van der Waals surface area contributed by atoms with Crippen LogP contribution in [0.5, 0.6) is 0 Å². The van der Waals surface area contributed by atoms with Crippen LogP contribution in [0.15, 0.2) is 0 Å². The summed E-state index contributed by atoms with van der Waals surface area (Å²) in [5, 5.41) is 8.11. The first-order valence-electron chi connectivity index (χ1n) is 5.27. The molecule has 1 aliphatic carbocycles. The normalized spacial score (nSPS) is 21.4. The van der Waals surface area contributed by atoms with Gasteiger partial charge in [-0.1, -0.05) is 19.3 Å². The molecule has 0 spiro atoms. The van der Waals surface area contributed by atoms with E-state index < -0.39 is 10.8 Å². The van der Waals surface area contributed by atoms with E-state index in [-0.39, 0.29) is 5.97 Å². The number of ether oxygens (including phenoxy) is 1. The van der Waals surface area contributed by atoms with E-state index in [1.165, 1.54) is 7.11 Å². The smallest absolute Gasteiger partial charge is 0.311 e. The molecule has 1 atom stereocenters. The maximum Gasteiger partial charge on any atom is 0.311 e.